The molecule has 0 radical (unpaired) electrons. The van der Waals surface area contributed by atoms with Gasteiger partial charge in [-0.05, 0) is 52.3 Å². The van der Waals surface area contributed by atoms with Crippen LogP contribution in [0.3, 0.4) is 0 Å². The number of hydrogen-bond acceptors (Lipinski definition) is 5. The highest BCUT2D eigenvalue weighted by molar-refractivity contribution is 5.81. The molecular formula is C23H27N3O3. The Kier molecular flexibility index (Phi) is 6.32. The minimum Gasteiger partial charge on any atom is -0.481 e. The highest BCUT2D eigenvalue weighted by Crippen LogP contribution is 2.19. The van der Waals surface area contributed by atoms with Crippen LogP contribution in [0.25, 0.3) is 11.4 Å². The molecule has 1 unspecified atom stereocenters. The van der Waals surface area contributed by atoms with Crippen molar-refractivity contribution in [3.05, 3.63) is 65.5 Å². The van der Waals surface area contributed by atoms with Crippen molar-refractivity contribution in [2.45, 2.75) is 53.3 Å². The predicted octanol–water partition coefficient (Wildman–Crippen LogP) is 4.56. The fraction of sp³-hybridized carbons (Fsp3) is 0.348. The van der Waals surface area contributed by atoms with E-state index in [-0.39, 0.29) is 18.5 Å². The molecular weight excluding hydrogens is 366 g/mol. The Labute approximate surface area is 171 Å². The van der Waals surface area contributed by atoms with Crippen molar-refractivity contribution in [2.24, 2.45) is 0 Å². The zero-order valence-electron chi connectivity index (χ0n) is 17.5. The number of carbonyl (C=O) groups is 1. The number of nitrogens with zero attached hydrogens (tertiary/aromatic N) is 3. The summed E-state index contributed by atoms with van der Waals surface area (Å²) in [7, 11) is 0. The lowest BCUT2D eigenvalue weighted by Crippen LogP contribution is -2.43. The molecule has 6 nitrogen and oxygen atoms in total. The molecule has 2 aromatic carbocycles. The Balaban J connectivity index is 1.71. The third-order valence-corrected chi connectivity index (χ3v) is 4.64. The fourth-order valence-corrected chi connectivity index (χ4v) is 2.98. The average molecular weight is 393 g/mol. The molecule has 3 aromatic rings. The Hall–Kier alpha value is -3.15. The van der Waals surface area contributed by atoms with E-state index in [0.29, 0.717) is 17.5 Å². The van der Waals surface area contributed by atoms with E-state index in [1.165, 1.54) is 0 Å². The molecule has 1 heterocycles. The first-order valence-electron chi connectivity index (χ1n) is 9.77. The second-order valence-corrected chi connectivity index (χ2v) is 7.51. The molecule has 0 saturated carbocycles. The number of carbonyl (C=O) groups excluding carboxylic acids is 1. The molecule has 0 aliphatic rings. The lowest BCUT2D eigenvalue weighted by atomic mass is 10.1. The highest BCUT2D eigenvalue weighted by atomic mass is 16.5. The van der Waals surface area contributed by atoms with Crippen LogP contribution in [-0.2, 0) is 11.3 Å². The van der Waals surface area contributed by atoms with E-state index in [0.717, 1.165) is 16.7 Å². The van der Waals surface area contributed by atoms with Gasteiger partial charge in [0.2, 0.25) is 11.7 Å². The summed E-state index contributed by atoms with van der Waals surface area (Å²) >= 11 is 0. The van der Waals surface area contributed by atoms with Crippen molar-refractivity contribution in [3.63, 3.8) is 0 Å². The molecule has 0 saturated heterocycles. The predicted molar refractivity (Wildman–Crippen MR) is 111 cm³/mol. The van der Waals surface area contributed by atoms with Gasteiger partial charge in [0.1, 0.15) is 12.3 Å². The van der Waals surface area contributed by atoms with Gasteiger partial charge in [0.15, 0.2) is 6.10 Å². The summed E-state index contributed by atoms with van der Waals surface area (Å²) in [5.74, 6) is 1.45. The van der Waals surface area contributed by atoms with Crippen LogP contribution < -0.4 is 4.74 Å². The summed E-state index contributed by atoms with van der Waals surface area (Å²) in [6.07, 6.45) is -0.626. The van der Waals surface area contributed by atoms with Gasteiger partial charge in [-0.2, -0.15) is 4.98 Å². The summed E-state index contributed by atoms with van der Waals surface area (Å²) < 4.78 is 11.3. The monoisotopic (exact) mass is 393 g/mol. The van der Waals surface area contributed by atoms with Crippen LogP contribution in [0, 0.1) is 13.8 Å². The van der Waals surface area contributed by atoms with Gasteiger partial charge >= 0.3 is 0 Å². The molecule has 0 aliphatic heterocycles. The lowest BCUT2D eigenvalue weighted by molar-refractivity contribution is -0.140. The van der Waals surface area contributed by atoms with Gasteiger partial charge in [-0.1, -0.05) is 47.1 Å². The fourth-order valence-electron chi connectivity index (χ4n) is 2.98. The first-order chi connectivity index (χ1) is 13.8. The molecule has 6 heteroatoms. The maximum absolute atomic E-state index is 13.0. The second kappa shape index (κ2) is 8.90. The molecule has 1 amide bonds. The van der Waals surface area contributed by atoms with Gasteiger partial charge < -0.3 is 14.2 Å². The molecule has 1 atom stereocenters. The van der Waals surface area contributed by atoms with Crippen molar-refractivity contribution >= 4 is 5.91 Å². The molecule has 152 valence electrons. The topological polar surface area (TPSA) is 68.5 Å². The second-order valence-electron chi connectivity index (χ2n) is 7.51. The van der Waals surface area contributed by atoms with Gasteiger partial charge in [0.05, 0.1) is 0 Å². The number of aryl methyl sites for hydroxylation is 2. The van der Waals surface area contributed by atoms with Crippen LogP contribution in [0.5, 0.6) is 5.75 Å². The summed E-state index contributed by atoms with van der Waals surface area (Å²) in [6, 6.07) is 15.5. The molecule has 29 heavy (non-hydrogen) atoms. The zero-order valence-corrected chi connectivity index (χ0v) is 17.5. The number of ether oxygens (including phenoxy) is 1. The third-order valence-electron chi connectivity index (χ3n) is 4.64. The zero-order chi connectivity index (χ0) is 21.0. The maximum Gasteiger partial charge on any atom is 0.264 e. The van der Waals surface area contributed by atoms with E-state index in [2.05, 4.69) is 10.1 Å². The Morgan fingerprint density at radius 2 is 1.79 bits per heavy atom. The Morgan fingerprint density at radius 3 is 2.45 bits per heavy atom. The molecule has 1 aromatic heterocycles. The standard InChI is InChI=1S/C23H27N3O3/c1-15(2)26(23(27)18(5)28-20-8-6-7-17(4)13-20)14-21-24-22(25-29-21)19-11-9-16(3)10-12-19/h6-13,15,18H,14H2,1-5H3. The smallest absolute Gasteiger partial charge is 0.264 e. The van der Waals surface area contributed by atoms with E-state index in [1.807, 2.05) is 76.2 Å². The summed E-state index contributed by atoms with van der Waals surface area (Å²) in [4.78, 5) is 19.1. The number of amides is 1. The lowest BCUT2D eigenvalue weighted by Gasteiger charge is -2.28. The first-order valence-corrected chi connectivity index (χ1v) is 9.77. The number of aromatic nitrogens is 2. The van der Waals surface area contributed by atoms with Gasteiger partial charge in [0, 0.05) is 11.6 Å². The third kappa shape index (κ3) is 5.22. The van der Waals surface area contributed by atoms with Crippen molar-refractivity contribution < 1.29 is 14.1 Å². The quantitative estimate of drug-likeness (QED) is 0.589. The molecule has 0 fully saturated rings. The molecule has 0 aliphatic carbocycles. The number of hydrogen-bond donors (Lipinski definition) is 0. The van der Waals surface area contributed by atoms with Crippen LogP contribution in [0.2, 0.25) is 0 Å². The van der Waals surface area contributed by atoms with Gasteiger partial charge in [0.25, 0.3) is 5.91 Å². The van der Waals surface area contributed by atoms with Gasteiger partial charge in [-0.3, -0.25) is 4.79 Å². The van der Waals surface area contributed by atoms with Crippen LogP contribution in [0.4, 0.5) is 0 Å². The van der Waals surface area contributed by atoms with Crippen molar-refractivity contribution in [3.8, 4) is 17.1 Å². The molecule has 0 spiro atoms. The van der Waals surface area contributed by atoms with Crippen molar-refractivity contribution in [2.75, 3.05) is 0 Å². The van der Waals surface area contributed by atoms with E-state index >= 15 is 0 Å². The molecule has 0 bridgehead atoms. The summed E-state index contributed by atoms with van der Waals surface area (Å²) in [6.45, 7) is 9.91. The average Bonchev–Trinajstić information content (AvgIpc) is 3.14. The minimum atomic E-state index is -0.626. The molecule has 3 rings (SSSR count). The van der Waals surface area contributed by atoms with Crippen LogP contribution in [0.15, 0.2) is 53.1 Å². The van der Waals surface area contributed by atoms with Crippen LogP contribution in [0.1, 0.15) is 37.8 Å². The van der Waals surface area contributed by atoms with Gasteiger partial charge in [-0.15, -0.1) is 0 Å². The van der Waals surface area contributed by atoms with Crippen molar-refractivity contribution in [1.82, 2.24) is 15.0 Å². The molecule has 0 N–H and O–H groups in total. The van der Waals surface area contributed by atoms with Crippen LogP contribution in [-0.4, -0.2) is 33.1 Å². The van der Waals surface area contributed by atoms with Gasteiger partial charge in [-0.25, -0.2) is 0 Å². The normalized spacial score (nSPS) is 12.1. The van der Waals surface area contributed by atoms with Crippen LogP contribution >= 0.6 is 0 Å². The summed E-state index contributed by atoms with van der Waals surface area (Å²) in [5, 5.41) is 4.05. The van der Waals surface area contributed by atoms with E-state index in [4.69, 9.17) is 9.26 Å². The van der Waals surface area contributed by atoms with E-state index in [1.54, 1.807) is 11.8 Å². The maximum atomic E-state index is 13.0. The number of benzene rings is 2. The first kappa shape index (κ1) is 20.6. The number of rotatable bonds is 7. The SMILES string of the molecule is Cc1ccc(-c2noc(CN(C(=O)C(C)Oc3cccc(C)c3)C(C)C)n2)cc1. The van der Waals surface area contributed by atoms with Crippen molar-refractivity contribution in [1.29, 1.82) is 0 Å². The Bertz CT molecular complexity index is 964. The van der Waals surface area contributed by atoms with E-state index < -0.39 is 6.10 Å². The minimum absolute atomic E-state index is 0.0409. The largest absolute Gasteiger partial charge is 0.481 e. The van der Waals surface area contributed by atoms with E-state index in [9.17, 15) is 4.79 Å². The highest BCUT2D eigenvalue weighted by Gasteiger charge is 2.26. The Morgan fingerprint density at radius 1 is 1.07 bits per heavy atom. The summed E-state index contributed by atoms with van der Waals surface area (Å²) in [5.41, 5.74) is 3.12.